The fourth-order valence-corrected chi connectivity index (χ4v) is 8.89. The van der Waals surface area contributed by atoms with Crippen LogP contribution in [0, 0.1) is 0 Å². The zero-order chi connectivity index (χ0) is 31.8. The van der Waals surface area contributed by atoms with Gasteiger partial charge in [-0.1, -0.05) is 126 Å². The topological polar surface area (TPSA) is 0 Å². The first-order valence-corrected chi connectivity index (χ1v) is 17.8. The Balaban J connectivity index is 1.30. The fourth-order valence-electron chi connectivity index (χ4n) is 6.60. The molecule has 8 aromatic rings. The van der Waals surface area contributed by atoms with E-state index in [2.05, 4.69) is 163 Å². The molecule has 0 amide bonds. The van der Waals surface area contributed by atoms with Crippen LogP contribution in [0.15, 0.2) is 121 Å². The van der Waals surface area contributed by atoms with Crippen molar-refractivity contribution in [3.63, 3.8) is 0 Å². The molecular weight excluding hydrogens is 593 g/mol. The van der Waals surface area contributed by atoms with Crippen LogP contribution in [0.4, 0.5) is 0 Å². The number of hydrogen-bond acceptors (Lipinski definition) is 2. The second kappa shape index (κ2) is 10.7. The van der Waals surface area contributed by atoms with E-state index in [1.165, 1.54) is 84.9 Å². The van der Waals surface area contributed by atoms with Gasteiger partial charge in [0.2, 0.25) is 0 Å². The van der Waals surface area contributed by atoms with Gasteiger partial charge in [-0.3, -0.25) is 0 Å². The van der Waals surface area contributed by atoms with Crippen molar-refractivity contribution in [3.8, 4) is 33.4 Å². The molecule has 6 aromatic carbocycles. The van der Waals surface area contributed by atoms with E-state index in [4.69, 9.17) is 0 Å². The Labute approximate surface area is 280 Å². The predicted molar refractivity (Wildman–Crippen MR) is 206 cm³/mol. The van der Waals surface area contributed by atoms with Crippen molar-refractivity contribution in [2.24, 2.45) is 0 Å². The lowest BCUT2D eigenvalue weighted by Crippen LogP contribution is -2.12. The minimum Gasteiger partial charge on any atom is -0.135 e. The average molecular weight is 631 g/mol. The molecule has 0 saturated heterocycles. The lowest BCUT2D eigenvalue weighted by atomic mass is 9.81. The lowest BCUT2D eigenvalue weighted by molar-refractivity contribution is 0.589. The molecule has 0 aliphatic heterocycles. The molecule has 0 N–H and O–H groups in total. The Morgan fingerprint density at radius 2 is 0.674 bits per heavy atom. The molecule has 0 nitrogen and oxygen atoms in total. The summed E-state index contributed by atoms with van der Waals surface area (Å²) < 4.78 is 5.38. The Morgan fingerprint density at radius 1 is 0.326 bits per heavy atom. The summed E-state index contributed by atoms with van der Waals surface area (Å²) in [4.78, 5) is 0. The molecule has 2 heterocycles. The highest BCUT2D eigenvalue weighted by Crippen LogP contribution is 2.41. The Hall–Kier alpha value is -4.24. The molecule has 2 aromatic heterocycles. The highest BCUT2D eigenvalue weighted by Gasteiger charge is 2.20. The van der Waals surface area contributed by atoms with E-state index in [-0.39, 0.29) is 10.8 Å². The molecule has 0 aliphatic rings. The smallest absolute Gasteiger partial charge is 0.0361 e. The molecule has 0 bridgehead atoms. The van der Waals surface area contributed by atoms with Crippen LogP contribution in [0.3, 0.4) is 0 Å². The van der Waals surface area contributed by atoms with Gasteiger partial charge in [0.15, 0.2) is 0 Å². The Bertz CT molecular complexity index is 2260. The van der Waals surface area contributed by atoms with Gasteiger partial charge in [-0.2, -0.15) is 0 Å². The predicted octanol–water partition coefficient (Wildman–Crippen LogP) is 14.0. The largest absolute Gasteiger partial charge is 0.135 e. The summed E-state index contributed by atoms with van der Waals surface area (Å²) in [5.74, 6) is 0. The highest BCUT2D eigenvalue weighted by molar-refractivity contribution is 7.26. The molecule has 0 unspecified atom stereocenters. The summed E-state index contributed by atoms with van der Waals surface area (Å²) in [6.07, 6.45) is 0. The summed E-state index contributed by atoms with van der Waals surface area (Å²) in [5, 5.41) is 5.38. The summed E-state index contributed by atoms with van der Waals surface area (Å²) in [6, 6.07) is 46.0. The molecule has 0 spiro atoms. The van der Waals surface area contributed by atoms with E-state index in [1.807, 2.05) is 22.7 Å². The molecule has 0 aliphatic carbocycles. The number of benzene rings is 6. The van der Waals surface area contributed by atoms with Crippen molar-refractivity contribution in [2.75, 3.05) is 0 Å². The summed E-state index contributed by atoms with van der Waals surface area (Å²) in [7, 11) is 0. The van der Waals surface area contributed by atoms with Gasteiger partial charge in [-0.15, -0.1) is 22.7 Å². The minimum absolute atomic E-state index is 0.0170. The number of fused-ring (bicyclic) bond motifs is 6. The molecular formula is C44H38S2. The van der Waals surface area contributed by atoms with Crippen LogP contribution in [-0.2, 0) is 10.8 Å². The first-order chi connectivity index (χ1) is 22.0. The first kappa shape index (κ1) is 29.2. The van der Waals surface area contributed by atoms with Gasteiger partial charge in [-0.25, -0.2) is 0 Å². The van der Waals surface area contributed by atoms with Crippen LogP contribution < -0.4 is 0 Å². The van der Waals surface area contributed by atoms with Gasteiger partial charge in [-0.05, 0) is 91.7 Å². The van der Waals surface area contributed by atoms with Crippen LogP contribution in [0.1, 0.15) is 52.7 Å². The number of rotatable bonds is 3. The van der Waals surface area contributed by atoms with E-state index in [0.717, 1.165) is 0 Å². The molecule has 0 fully saturated rings. The molecule has 2 heteroatoms. The van der Waals surface area contributed by atoms with Crippen molar-refractivity contribution in [1.82, 2.24) is 0 Å². The molecule has 0 radical (unpaired) electrons. The third-order valence-corrected chi connectivity index (χ3v) is 11.6. The van der Waals surface area contributed by atoms with Gasteiger partial charge >= 0.3 is 0 Å². The van der Waals surface area contributed by atoms with Crippen LogP contribution in [0.25, 0.3) is 73.7 Å². The van der Waals surface area contributed by atoms with Crippen molar-refractivity contribution in [1.29, 1.82) is 0 Å². The third-order valence-electron chi connectivity index (χ3n) is 9.36. The maximum atomic E-state index is 2.42. The van der Waals surface area contributed by atoms with Crippen molar-refractivity contribution >= 4 is 63.0 Å². The fraction of sp³-hybridized carbons (Fsp3) is 0.182. The van der Waals surface area contributed by atoms with Gasteiger partial charge in [0.25, 0.3) is 0 Å². The van der Waals surface area contributed by atoms with Crippen LogP contribution in [-0.4, -0.2) is 0 Å². The van der Waals surface area contributed by atoms with E-state index >= 15 is 0 Å². The summed E-state index contributed by atoms with van der Waals surface area (Å²) >= 11 is 3.78. The molecule has 226 valence electrons. The summed E-state index contributed by atoms with van der Waals surface area (Å²) in [5.41, 5.74) is 10.4. The van der Waals surface area contributed by atoms with Crippen molar-refractivity contribution < 1.29 is 0 Å². The Kier molecular flexibility index (Phi) is 6.76. The second-order valence-electron chi connectivity index (χ2n) is 14.7. The average Bonchev–Trinajstić information content (AvgIpc) is 3.61. The monoisotopic (exact) mass is 630 g/mol. The first-order valence-electron chi connectivity index (χ1n) is 16.2. The zero-order valence-corrected chi connectivity index (χ0v) is 29.0. The standard InChI is InChI=1S/C44H38S2/c1-43(2,3)33-21-29(27-15-17-37-35-11-7-9-13-39(35)45-41(37)25-27)19-31(23-33)32-20-30(22-34(24-32)44(4,5)6)28-16-18-38-36-12-8-10-14-40(36)46-42(38)26-28/h7-26H,1-6H3. The molecule has 46 heavy (non-hydrogen) atoms. The van der Waals surface area contributed by atoms with Gasteiger partial charge in [0, 0.05) is 40.3 Å². The third kappa shape index (κ3) is 5.14. The zero-order valence-electron chi connectivity index (χ0n) is 27.4. The van der Waals surface area contributed by atoms with Gasteiger partial charge in [0.05, 0.1) is 0 Å². The maximum Gasteiger partial charge on any atom is 0.0361 e. The van der Waals surface area contributed by atoms with E-state index in [0.29, 0.717) is 0 Å². The van der Waals surface area contributed by atoms with E-state index in [1.54, 1.807) is 0 Å². The highest BCUT2D eigenvalue weighted by atomic mass is 32.1. The van der Waals surface area contributed by atoms with E-state index in [9.17, 15) is 0 Å². The van der Waals surface area contributed by atoms with Crippen LogP contribution >= 0.6 is 22.7 Å². The lowest BCUT2D eigenvalue weighted by Gasteiger charge is -2.24. The SMILES string of the molecule is CC(C)(C)c1cc(-c2cc(-c3ccc4c(c3)sc3ccccc34)cc(C(C)(C)C)c2)cc(-c2ccc3c(c2)sc2ccccc23)c1. The molecule has 8 rings (SSSR count). The molecule has 0 atom stereocenters. The maximum absolute atomic E-state index is 2.42. The summed E-state index contributed by atoms with van der Waals surface area (Å²) in [6.45, 7) is 13.9. The molecule has 0 saturated carbocycles. The minimum atomic E-state index is 0.0170. The quantitative estimate of drug-likeness (QED) is 0.182. The normalized spacial score (nSPS) is 12.6. The van der Waals surface area contributed by atoms with Gasteiger partial charge in [0.1, 0.15) is 0 Å². The second-order valence-corrected chi connectivity index (χ2v) is 16.9. The van der Waals surface area contributed by atoms with E-state index < -0.39 is 0 Å². The van der Waals surface area contributed by atoms with Crippen LogP contribution in [0.5, 0.6) is 0 Å². The van der Waals surface area contributed by atoms with Crippen molar-refractivity contribution in [2.45, 2.75) is 52.4 Å². The van der Waals surface area contributed by atoms with Crippen molar-refractivity contribution in [3.05, 3.63) is 132 Å². The van der Waals surface area contributed by atoms with Crippen LogP contribution in [0.2, 0.25) is 0 Å². The Morgan fingerprint density at radius 3 is 1.07 bits per heavy atom. The number of thiophene rings is 2. The number of hydrogen-bond donors (Lipinski definition) is 0. The van der Waals surface area contributed by atoms with Gasteiger partial charge < -0.3 is 0 Å².